The molecule has 0 spiro atoms. The van der Waals surface area contributed by atoms with Crippen LogP contribution in [0.2, 0.25) is 0 Å². The van der Waals surface area contributed by atoms with Crippen molar-refractivity contribution >= 4 is 23.2 Å². The topological polar surface area (TPSA) is 168 Å². The standard InChI is InChI=1S/C26H27N9O3/c1-12(36)20-22(14-7-16-3-4-17(8-14)34(16)26(38)24-29-11-30-33-24)32-25-18(10-31-35(25)23(20)27)15-6-13-2-5-19(37)21(13)28-9-15/h6,9-11,14,16-17,19,37H,2-5,7-8,27H2,1H3,(H,29,30,33)/t14-,16+,17-,19?. The highest BCUT2D eigenvalue weighted by molar-refractivity contribution is 6.00. The number of nitrogen functional groups attached to an aromatic ring is 1. The van der Waals surface area contributed by atoms with Crippen LogP contribution in [0, 0.1) is 0 Å². The predicted octanol–water partition coefficient (Wildman–Crippen LogP) is 2.22. The number of nitrogens with one attached hydrogen (secondary N) is 1. The summed E-state index contributed by atoms with van der Waals surface area (Å²) in [5, 5.41) is 22.3. The van der Waals surface area contributed by atoms with Crippen molar-refractivity contribution in [1.29, 1.82) is 0 Å². The molecule has 1 unspecified atom stereocenters. The number of aliphatic hydroxyl groups excluding tert-OH is 1. The molecule has 2 bridgehead atoms. The van der Waals surface area contributed by atoms with E-state index in [1.165, 1.54) is 17.8 Å². The number of aromatic amines is 1. The lowest BCUT2D eigenvalue weighted by atomic mass is 9.85. The van der Waals surface area contributed by atoms with E-state index in [1.807, 2.05) is 11.0 Å². The molecule has 194 valence electrons. The lowest BCUT2D eigenvalue weighted by Crippen LogP contribution is -2.46. The number of nitrogens with zero attached hydrogens (tertiary/aromatic N) is 7. The average Bonchev–Trinajstić information content (AvgIpc) is 3.70. The molecule has 4 aromatic heterocycles. The Morgan fingerprint density at radius 3 is 2.63 bits per heavy atom. The summed E-state index contributed by atoms with van der Waals surface area (Å²) in [6.45, 7) is 1.50. The molecule has 12 nitrogen and oxygen atoms in total. The van der Waals surface area contributed by atoms with E-state index >= 15 is 0 Å². The van der Waals surface area contributed by atoms with E-state index in [4.69, 9.17) is 10.7 Å². The zero-order valence-corrected chi connectivity index (χ0v) is 20.8. The number of piperidine rings is 1. The maximum absolute atomic E-state index is 13.1. The molecule has 7 rings (SSSR count). The molecule has 0 aromatic carbocycles. The number of ketones is 1. The van der Waals surface area contributed by atoms with Gasteiger partial charge in [-0.05, 0) is 57.1 Å². The number of hydrogen-bond donors (Lipinski definition) is 3. The Hall–Kier alpha value is -4.19. The summed E-state index contributed by atoms with van der Waals surface area (Å²) < 4.78 is 1.52. The number of hydrogen-bond acceptors (Lipinski definition) is 9. The third kappa shape index (κ3) is 3.36. The summed E-state index contributed by atoms with van der Waals surface area (Å²) in [7, 11) is 0. The first-order chi connectivity index (χ1) is 18.4. The molecule has 38 heavy (non-hydrogen) atoms. The molecule has 2 saturated heterocycles. The number of pyridine rings is 1. The normalized spacial score (nSPS) is 24.2. The molecule has 0 saturated carbocycles. The molecular formula is C26H27N9O3. The van der Waals surface area contributed by atoms with Crippen LogP contribution in [0.3, 0.4) is 0 Å². The summed E-state index contributed by atoms with van der Waals surface area (Å²) in [6.07, 6.45) is 8.87. The Kier molecular flexibility index (Phi) is 5.09. The van der Waals surface area contributed by atoms with Crippen molar-refractivity contribution in [3.05, 3.63) is 53.1 Å². The van der Waals surface area contributed by atoms with Crippen LogP contribution >= 0.6 is 0 Å². The number of aryl methyl sites for hydroxylation is 1. The number of amides is 1. The quantitative estimate of drug-likeness (QED) is 0.346. The van der Waals surface area contributed by atoms with E-state index in [0.29, 0.717) is 36.2 Å². The SMILES string of the molecule is CC(=O)c1c([C@H]2C[C@H]3CC[C@@H](C2)N3C(=O)c2nnc[nH]2)nc2c(-c3cnc4c(c3)CCC4O)cnn2c1N. The van der Waals surface area contributed by atoms with Crippen LogP contribution in [-0.4, -0.2) is 68.5 Å². The van der Waals surface area contributed by atoms with Crippen molar-refractivity contribution in [2.75, 3.05) is 5.73 Å². The highest BCUT2D eigenvalue weighted by atomic mass is 16.3. The number of aliphatic hydroxyl groups is 1. The molecule has 4 atom stereocenters. The first-order valence-electron chi connectivity index (χ1n) is 12.9. The fraction of sp³-hybridized carbons (Fsp3) is 0.423. The Morgan fingerprint density at radius 2 is 1.92 bits per heavy atom. The van der Waals surface area contributed by atoms with Crippen molar-refractivity contribution in [2.45, 2.75) is 69.6 Å². The smallest absolute Gasteiger partial charge is 0.292 e. The van der Waals surface area contributed by atoms with Crippen LogP contribution in [0.15, 0.2) is 24.8 Å². The number of rotatable bonds is 4. The number of carbonyl (C=O) groups is 2. The third-order valence-electron chi connectivity index (χ3n) is 8.35. The van der Waals surface area contributed by atoms with Gasteiger partial charge in [0.05, 0.1) is 29.3 Å². The van der Waals surface area contributed by atoms with E-state index in [0.717, 1.165) is 41.6 Å². The number of carbonyl (C=O) groups excluding carboxylic acids is 2. The van der Waals surface area contributed by atoms with Gasteiger partial charge in [0.15, 0.2) is 11.4 Å². The highest BCUT2D eigenvalue weighted by Crippen LogP contribution is 2.45. The van der Waals surface area contributed by atoms with Crippen molar-refractivity contribution < 1.29 is 14.7 Å². The number of H-pyrrole nitrogens is 1. The molecule has 0 radical (unpaired) electrons. The minimum Gasteiger partial charge on any atom is -0.387 e. The number of nitrogens with two attached hydrogens (primary N) is 1. The zero-order valence-electron chi connectivity index (χ0n) is 20.8. The first kappa shape index (κ1) is 23.0. The maximum atomic E-state index is 13.1. The molecule has 1 aliphatic carbocycles. The lowest BCUT2D eigenvalue weighted by Gasteiger charge is -2.38. The van der Waals surface area contributed by atoms with E-state index in [1.54, 1.807) is 12.4 Å². The van der Waals surface area contributed by atoms with Crippen LogP contribution in [0.1, 0.15) is 89.0 Å². The summed E-state index contributed by atoms with van der Waals surface area (Å²) in [4.78, 5) is 40.2. The maximum Gasteiger partial charge on any atom is 0.292 e. The fourth-order valence-electron chi connectivity index (χ4n) is 6.65. The largest absolute Gasteiger partial charge is 0.387 e. The van der Waals surface area contributed by atoms with E-state index in [2.05, 4.69) is 25.3 Å². The first-order valence-corrected chi connectivity index (χ1v) is 12.9. The Labute approximate surface area is 217 Å². The van der Waals surface area contributed by atoms with Gasteiger partial charge in [-0.3, -0.25) is 14.6 Å². The molecule has 4 aromatic rings. The summed E-state index contributed by atoms with van der Waals surface area (Å²) >= 11 is 0. The minimum atomic E-state index is -0.529. The molecule has 2 aliphatic heterocycles. The number of aromatic nitrogens is 7. The summed E-state index contributed by atoms with van der Waals surface area (Å²) in [5.41, 5.74) is 11.5. The molecular weight excluding hydrogens is 486 g/mol. The molecule has 2 fully saturated rings. The van der Waals surface area contributed by atoms with Gasteiger partial charge in [-0.2, -0.15) is 9.61 Å². The van der Waals surface area contributed by atoms with Gasteiger partial charge in [0, 0.05) is 35.3 Å². The zero-order chi connectivity index (χ0) is 26.1. The van der Waals surface area contributed by atoms with Gasteiger partial charge in [0.1, 0.15) is 12.1 Å². The third-order valence-corrected chi connectivity index (χ3v) is 8.35. The van der Waals surface area contributed by atoms with Gasteiger partial charge in [-0.15, -0.1) is 10.2 Å². The molecule has 4 N–H and O–H groups in total. The summed E-state index contributed by atoms with van der Waals surface area (Å²) in [6, 6.07) is 2.07. The molecule has 12 heteroatoms. The van der Waals surface area contributed by atoms with Gasteiger partial charge in [0.2, 0.25) is 5.82 Å². The summed E-state index contributed by atoms with van der Waals surface area (Å²) in [5.74, 6) is 0.169. The second-order valence-corrected chi connectivity index (χ2v) is 10.5. The van der Waals surface area contributed by atoms with Gasteiger partial charge >= 0.3 is 0 Å². The molecule has 6 heterocycles. The Balaban J connectivity index is 1.29. The number of anilines is 1. The van der Waals surface area contributed by atoms with Crippen LogP contribution in [0.4, 0.5) is 5.82 Å². The van der Waals surface area contributed by atoms with Gasteiger partial charge in [-0.25, -0.2) is 4.98 Å². The highest BCUT2D eigenvalue weighted by Gasteiger charge is 2.45. The Bertz CT molecular complexity index is 1580. The van der Waals surface area contributed by atoms with E-state index in [9.17, 15) is 14.7 Å². The average molecular weight is 514 g/mol. The Morgan fingerprint density at radius 1 is 1.13 bits per heavy atom. The lowest BCUT2D eigenvalue weighted by molar-refractivity contribution is 0.0556. The van der Waals surface area contributed by atoms with Crippen LogP contribution in [-0.2, 0) is 6.42 Å². The number of fused-ring (bicyclic) bond motifs is 4. The number of Topliss-reactive ketones (excluding diaryl/α,β-unsaturated/α-hetero) is 1. The van der Waals surface area contributed by atoms with Crippen molar-refractivity contribution in [2.24, 2.45) is 0 Å². The monoisotopic (exact) mass is 513 g/mol. The second kappa shape index (κ2) is 8.42. The van der Waals surface area contributed by atoms with Gasteiger partial charge < -0.3 is 20.7 Å². The predicted molar refractivity (Wildman–Crippen MR) is 135 cm³/mol. The van der Waals surface area contributed by atoms with Gasteiger partial charge in [0.25, 0.3) is 5.91 Å². The van der Waals surface area contributed by atoms with Gasteiger partial charge in [-0.1, -0.05) is 0 Å². The fourth-order valence-corrected chi connectivity index (χ4v) is 6.65. The van der Waals surface area contributed by atoms with E-state index in [-0.39, 0.29) is 41.3 Å². The van der Waals surface area contributed by atoms with Crippen molar-refractivity contribution in [3.8, 4) is 11.1 Å². The van der Waals surface area contributed by atoms with Crippen molar-refractivity contribution in [1.82, 2.24) is 39.7 Å². The molecule has 1 amide bonds. The van der Waals surface area contributed by atoms with Crippen LogP contribution in [0.25, 0.3) is 16.8 Å². The van der Waals surface area contributed by atoms with E-state index < -0.39 is 6.10 Å². The van der Waals surface area contributed by atoms with Crippen molar-refractivity contribution in [3.63, 3.8) is 0 Å². The van der Waals surface area contributed by atoms with Crippen LogP contribution in [0.5, 0.6) is 0 Å². The minimum absolute atomic E-state index is 0.0205. The second-order valence-electron chi connectivity index (χ2n) is 10.5. The van der Waals surface area contributed by atoms with Crippen LogP contribution < -0.4 is 5.73 Å². The molecule has 3 aliphatic rings.